The Hall–Kier alpha value is -2.20. The maximum atomic E-state index is 13.2. The van der Waals surface area contributed by atoms with Crippen LogP contribution in [0.3, 0.4) is 0 Å². The van der Waals surface area contributed by atoms with Gasteiger partial charge in [-0.2, -0.15) is 26.3 Å². The van der Waals surface area contributed by atoms with Gasteiger partial charge in [-0.15, -0.1) is 0 Å². The zero-order valence-electron chi connectivity index (χ0n) is 18.6. The lowest BCUT2D eigenvalue weighted by Gasteiger charge is -2.46. The molecule has 0 amide bonds. The second-order valence-corrected chi connectivity index (χ2v) is 9.32. The van der Waals surface area contributed by atoms with Gasteiger partial charge in [-0.25, -0.2) is 0 Å². The summed E-state index contributed by atoms with van der Waals surface area (Å²) in [6.07, 6.45) is -1.15. The molecule has 0 bridgehead atoms. The van der Waals surface area contributed by atoms with Crippen molar-refractivity contribution in [2.45, 2.75) is 74.9 Å². The van der Waals surface area contributed by atoms with Gasteiger partial charge in [0.25, 0.3) is 0 Å². The first-order chi connectivity index (χ1) is 16.0. The fraction of sp³-hybridized carbons (Fsp3) is 0.583. The van der Waals surface area contributed by atoms with Crippen LogP contribution in [0.1, 0.15) is 67.5 Å². The van der Waals surface area contributed by atoms with Crippen LogP contribution in [-0.4, -0.2) is 28.7 Å². The average molecular weight is 487 g/mol. The van der Waals surface area contributed by atoms with E-state index in [0.29, 0.717) is 25.6 Å². The predicted octanol–water partition coefficient (Wildman–Crippen LogP) is 6.06. The number of aromatic nitrogens is 2. The molecule has 1 saturated carbocycles. The summed E-state index contributed by atoms with van der Waals surface area (Å²) in [7, 11) is 0. The number of halogens is 6. The van der Waals surface area contributed by atoms with Crippen molar-refractivity contribution < 1.29 is 31.1 Å². The summed E-state index contributed by atoms with van der Waals surface area (Å²) in [6.45, 7) is 1.07. The summed E-state index contributed by atoms with van der Waals surface area (Å²) in [5.74, 6) is 0. The molecule has 1 aliphatic heterocycles. The van der Waals surface area contributed by atoms with Crippen LogP contribution in [0.4, 0.5) is 26.3 Å². The standard InChI is InChI=1S/C24H27F6N3O/c25-23(26,27)18-13-17(15-33-20(18)24(28,29)30)14-31-11-8-21(19-5-1-4-10-32-19)9-12-34-22(16-21)6-2-3-7-22/h1,4-5,10,13,15,31H,2-3,6-9,11-12,14,16H2/t21-/m0/s1. The van der Waals surface area contributed by atoms with Crippen molar-refractivity contribution >= 4 is 0 Å². The SMILES string of the molecule is FC(F)(F)c1cc(CNCC[C@]2(c3ccccn3)CCOC3(CCCC3)C2)cnc1C(F)(F)F. The molecule has 0 radical (unpaired) electrons. The Morgan fingerprint density at radius 2 is 1.74 bits per heavy atom. The van der Waals surface area contributed by atoms with Crippen LogP contribution in [0.25, 0.3) is 0 Å². The Bertz CT molecular complexity index is 973. The maximum absolute atomic E-state index is 13.2. The van der Waals surface area contributed by atoms with E-state index in [1.54, 1.807) is 6.20 Å². The molecule has 4 rings (SSSR count). The molecule has 4 nitrogen and oxygen atoms in total. The first-order valence-electron chi connectivity index (χ1n) is 11.4. The number of alkyl halides is 6. The molecule has 2 aromatic rings. The molecule has 186 valence electrons. The predicted molar refractivity (Wildman–Crippen MR) is 113 cm³/mol. The van der Waals surface area contributed by atoms with E-state index in [1.165, 1.54) is 0 Å². The lowest BCUT2D eigenvalue weighted by atomic mass is 9.68. The van der Waals surface area contributed by atoms with Crippen LogP contribution < -0.4 is 5.32 Å². The van der Waals surface area contributed by atoms with Gasteiger partial charge in [0.1, 0.15) is 0 Å². The quantitative estimate of drug-likeness (QED) is 0.398. The van der Waals surface area contributed by atoms with Crippen LogP contribution in [0.15, 0.2) is 36.7 Å². The highest BCUT2D eigenvalue weighted by atomic mass is 19.4. The Balaban J connectivity index is 1.47. The fourth-order valence-corrected chi connectivity index (χ4v) is 5.40. The molecule has 0 unspecified atom stereocenters. The summed E-state index contributed by atoms with van der Waals surface area (Å²) in [4.78, 5) is 7.70. The van der Waals surface area contributed by atoms with Crippen LogP contribution >= 0.6 is 0 Å². The van der Waals surface area contributed by atoms with E-state index < -0.39 is 23.6 Å². The zero-order chi connectivity index (χ0) is 24.5. The molecule has 1 saturated heterocycles. The molecule has 3 heterocycles. The third kappa shape index (κ3) is 5.38. The minimum Gasteiger partial charge on any atom is -0.375 e. The van der Waals surface area contributed by atoms with Crippen LogP contribution in [0.2, 0.25) is 0 Å². The van der Waals surface area contributed by atoms with Crippen LogP contribution in [-0.2, 0) is 29.0 Å². The van der Waals surface area contributed by atoms with E-state index in [-0.39, 0.29) is 23.1 Å². The highest BCUT2D eigenvalue weighted by Crippen LogP contribution is 2.49. The molecule has 1 N–H and O–H groups in total. The summed E-state index contributed by atoms with van der Waals surface area (Å²) in [5.41, 5.74) is -3.05. The van der Waals surface area contributed by atoms with E-state index in [0.717, 1.165) is 50.4 Å². The van der Waals surface area contributed by atoms with Crippen molar-refractivity contribution in [3.8, 4) is 0 Å². The Morgan fingerprint density at radius 1 is 0.971 bits per heavy atom. The average Bonchev–Trinajstić information content (AvgIpc) is 3.23. The molecule has 1 atom stereocenters. The van der Waals surface area contributed by atoms with Crippen LogP contribution in [0.5, 0.6) is 0 Å². The largest absolute Gasteiger partial charge is 0.433 e. The van der Waals surface area contributed by atoms with E-state index in [1.807, 2.05) is 18.2 Å². The first kappa shape index (κ1) is 24.9. The number of rotatable bonds is 6. The molecule has 0 aromatic carbocycles. The monoisotopic (exact) mass is 487 g/mol. The molecule has 34 heavy (non-hydrogen) atoms. The topological polar surface area (TPSA) is 47.0 Å². The van der Waals surface area contributed by atoms with E-state index in [4.69, 9.17) is 4.74 Å². The molecule has 2 aliphatic rings. The van der Waals surface area contributed by atoms with E-state index in [9.17, 15) is 26.3 Å². The lowest BCUT2D eigenvalue weighted by molar-refractivity contribution is -0.164. The number of ether oxygens (including phenoxy) is 1. The lowest BCUT2D eigenvalue weighted by Crippen LogP contribution is -2.47. The maximum Gasteiger partial charge on any atom is 0.433 e. The molecule has 2 fully saturated rings. The first-order valence-corrected chi connectivity index (χ1v) is 11.4. The number of pyridine rings is 2. The molecular formula is C24H27F6N3O. The van der Waals surface area contributed by atoms with E-state index in [2.05, 4.69) is 15.3 Å². The number of nitrogens with one attached hydrogen (secondary N) is 1. The van der Waals surface area contributed by atoms with Gasteiger partial charge in [-0.3, -0.25) is 9.97 Å². The van der Waals surface area contributed by atoms with Crippen LogP contribution in [0, 0.1) is 0 Å². The van der Waals surface area contributed by atoms with Gasteiger partial charge in [0, 0.05) is 36.7 Å². The van der Waals surface area contributed by atoms with Gasteiger partial charge in [0.2, 0.25) is 0 Å². The van der Waals surface area contributed by atoms with Crippen molar-refractivity contribution in [2.75, 3.05) is 13.2 Å². The highest BCUT2D eigenvalue weighted by molar-refractivity contribution is 5.30. The fourth-order valence-electron chi connectivity index (χ4n) is 5.40. The molecule has 2 aromatic heterocycles. The van der Waals surface area contributed by atoms with Gasteiger partial charge < -0.3 is 10.1 Å². The molecule has 10 heteroatoms. The summed E-state index contributed by atoms with van der Waals surface area (Å²) < 4.78 is 84.7. The zero-order valence-corrected chi connectivity index (χ0v) is 18.6. The highest BCUT2D eigenvalue weighted by Gasteiger charge is 2.48. The third-order valence-electron chi connectivity index (χ3n) is 7.00. The normalized spacial score (nSPS) is 22.9. The Morgan fingerprint density at radius 3 is 2.38 bits per heavy atom. The number of hydrogen-bond donors (Lipinski definition) is 1. The van der Waals surface area contributed by atoms with Gasteiger partial charge >= 0.3 is 12.4 Å². The van der Waals surface area contributed by atoms with E-state index >= 15 is 0 Å². The summed E-state index contributed by atoms with van der Waals surface area (Å²) >= 11 is 0. The van der Waals surface area contributed by atoms with Gasteiger partial charge in [0.05, 0.1) is 11.2 Å². The third-order valence-corrected chi connectivity index (χ3v) is 7.00. The number of hydrogen-bond acceptors (Lipinski definition) is 4. The minimum atomic E-state index is -5.18. The van der Waals surface area contributed by atoms with Crippen molar-refractivity contribution in [3.05, 3.63) is 59.2 Å². The van der Waals surface area contributed by atoms with Crippen molar-refractivity contribution in [1.29, 1.82) is 0 Å². The van der Waals surface area contributed by atoms with Gasteiger partial charge in [0.15, 0.2) is 5.69 Å². The van der Waals surface area contributed by atoms with Crippen molar-refractivity contribution in [1.82, 2.24) is 15.3 Å². The molecule has 1 spiro atoms. The molecule has 1 aliphatic carbocycles. The van der Waals surface area contributed by atoms with Gasteiger partial charge in [-0.1, -0.05) is 18.9 Å². The second kappa shape index (κ2) is 9.45. The van der Waals surface area contributed by atoms with Crippen molar-refractivity contribution in [2.24, 2.45) is 0 Å². The Labute approximate surface area is 194 Å². The summed E-state index contributed by atoms with van der Waals surface area (Å²) in [6, 6.07) is 6.33. The molecular weight excluding hydrogens is 460 g/mol. The van der Waals surface area contributed by atoms with Gasteiger partial charge in [-0.05, 0) is 62.4 Å². The second-order valence-electron chi connectivity index (χ2n) is 9.32. The number of nitrogens with zero attached hydrogens (tertiary/aromatic N) is 2. The smallest absolute Gasteiger partial charge is 0.375 e. The van der Waals surface area contributed by atoms with Crippen molar-refractivity contribution in [3.63, 3.8) is 0 Å². The summed E-state index contributed by atoms with van der Waals surface area (Å²) in [5, 5.41) is 3.10. The Kier molecular flexibility index (Phi) is 6.92. The minimum absolute atomic E-state index is 0.0197.